The molecule has 0 aromatic heterocycles. The van der Waals surface area contributed by atoms with Gasteiger partial charge in [0.1, 0.15) is 0 Å². The number of hydrogen-bond acceptors (Lipinski definition) is 2. The first kappa shape index (κ1) is 14.7. The minimum atomic E-state index is -0.958. The number of carboxylic acid groups (broad SMARTS) is 1. The molecule has 1 aromatic carbocycles. The summed E-state index contributed by atoms with van der Waals surface area (Å²) < 4.78 is 0.946. The number of carbonyl (C=O) groups is 2. The van der Waals surface area contributed by atoms with Crippen LogP contribution in [0.15, 0.2) is 28.7 Å². The molecule has 1 amide bonds. The van der Waals surface area contributed by atoms with E-state index in [4.69, 9.17) is 5.11 Å². The summed E-state index contributed by atoms with van der Waals surface area (Å²) in [5.74, 6) is -2.44. The number of carbonyl (C=O) groups excluding carboxylic acids is 1. The highest BCUT2D eigenvalue weighted by Crippen LogP contribution is 2.13. The van der Waals surface area contributed by atoms with Gasteiger partial charge in [0.15, 0.2) is 0 Å². The van der Waals surface area contributed by atoms with Crippen LogP contribution in [0.3, 0.4) is 0 Å². The molecule has 0 bridgehead atoms. The van der Waals surface area contributed by atoms with Crippen LogP contribution >= 0.6 is 15.9 Å². The molecular weight excluding hydrogens is 298 g/mol. The summed E-state index contributed by atoms with van der Waals surface area (Å²) >= 11 is 3.35. The van der Waals surface area contributed by atoms with Gasteiger partial charge < -0.3 is 10.4 Å². The van der Waals surface area contributed by atoms with Crippen LogP contribution in [0.5, 0.6) is 0 Å². The Hall–Kier alpha value is -1.36. The third-order valence-corrected chi connectivity index (χ3v) is 3.40. The predicted octanol–water partition coefficient (Wildman–Crippen LogP) is 2.42. The van der Waals surface area contributed by atoms with E-state index in [-0.39, 0.29) is 5.91 Å². The largest absolute Gasteiger partial charge is 0.481 e. The average molecular weight is 314 g/mol. The van der Waals surface area contributed by atoms with Gasteiger partial charge in [0.25, 0.3) is 0 Å². The maximum absolute atomic E-state index is 11.8. The second-order valence-electron chi connectivity index (χ2n) is 4.26. The lowest BCUT2D eigenvalue weighted by Crippen LogP contribution is -2.34. The summed E-state index contributed by atoms with van der Waals surface area (Å²) in [6, 6.07) is 7.59. The highest BCUT2D eigenvalue weighted by Gasteiger charge is 2.25. The maximum Gasteiger partial charge on any atom is 0.307 e. The molecule has 0 saturated carbocycles. The number of carboxylic acids is 1. The Bertz CT molecular complexity index is 448. The topological polar surface area (TPSA) is 66.4 Å². The van der Waals surface area contributed by atoms with Gasteiger partial charge in [-0.2, -0.15) is 0 Å². The van der Waals surface area contributed by atoms with Crippen LogP contribution in [0.2, 0.25) is 0 Å². The van der Waals surface area contributed by atoms with Crippen molar-refractivity contribution < 1.29 is 14.7 Å². The van der Waals surface area contributed by atoms with E-state index in [2.05, 4.69) is 21.2 Å². The Morgan fingerprint density at radius 3 is 2.56 bits per heavy atom. The van der Waals surface area contributed by atoms with E-state index in [1.54, 1.807) is 6.92 Å². The minimum absolute atomic E-state index is 0.245. The second kappa shape index (κ2) is 6.54. The third-order valence-electron chi connectivity index (χ3n) is 2.91. The van der Waals surface area contributed by atoms with Gasteiger partial charge in [-0.15, -0.1) is 0 Å². The zero-order chi connectivity index (χ0) is 13.7. The van der Waals surface area contributed by atoms with Crippen LogP contribution in [0.1, 0.15) is 19.4 Å². The SMILES string of the molecule is CC(C(=O)O)C(C)C(=O)NCc1cccc(Br)c1. The number of amides is 1. The number of benzene rings is 1. The number of hydrogen-bond donors (Lipinski definition) is 2. The molecule has 1 aromatic rings. The molecule has 2 atom stereocenters. The Kier molecular flexibility index (Phi) is 5.34. The van der Waals surface area contributed by atoms with Crippen molar-refractivity contribution in [2.75, 3.05) is 0 Å². The summed E-state index contributed by atoms with van der Waals surface area (Å²) in [4.78, 5) is 22.5. The number of nitrogens with one attached hydrogen (secondary N) is 1. The minimum Gasteiger partial charge on any atom is -0.481 e. The quantitative estimate of drug-likeness (QED) is 0.877. The molecule has 5 heteroatoms. The lowest BCUT2D eigenvalue weighted by molar-refractivity contribution is -0.146. The fourth-order valence-electron chi connectivity index (χ4n) is 1.44. The van der Waals surface area contributed by atoms with E-state index in [1.165, 1.54) is 6.92 Å². The number of halogens is 1. The van der Waals surface area contributed by atoms with Crippen molar-refractivity contribution in [3.8, 4) is 0 Å². The lowest BCUT2D eigenvalue weighted by Gasteiger charge is -2.15. The van der Waals surface area contributed by atoms with Gasteiger partial charge >= 0.3 is 5.97 Å². The van der Waals surface area contributed by atoms with Crippen molar-refractivity contribution in [2.24, 2.45) is 11.8 Å². The molecule has 0 aliphatic carbocycles. The molecular formula is C13H16BrNO3. The molecule has 0 aliphatic rings. The van der Waals surface area contributed by atoms with Crippen molar-refractivity contribution in [3.05, 3.63) is 34.3 Å². The Morgan fingerprint density at radius 1 is 1.33 bits per heavy atom. The molecule has 2 N–H and O–H groups in total. The number of rotatable bonds is 5. The van der Waals surface area contributed by atoms with Crippen LogP contribution in [-0.2, 0) is 16.1 Å². The van der Waals surface area contributed by atoms with E-state index in [9.17, 15) is 9.59 Å². The van der Waals surface area contributed by atoms with Crippen molar-refractivity contribution in [2.45, 2.75) is 20.4 Å². The van der Waals surface area contributed by atoms with Crippen LogP contribution in [0.25, 0.3) is 0 Å². The van der Waals surface area contributed by atoms with Crippen molar-refractivity contribution in [3.63, 3.8) is 0 Å². The highest BCUT2D eigenvalue weighted by molar-refractivity contribution is 9.10. The fourth-order valence-corrected chi connectivity index (χ4v) is 1.88. The monoisotopic (exact) mass is 313 g/mol. The molecule has 0 heterocycles. The molecule has 2 unspecified atom stereocenters. The van der Waals surface area contributed by atoms with Gasteiger partial charge in [-0.05, 0) is 17.7 Å². The average Bonchev–Trinajstić information content (AvgIpc) is 2.34. The standard InChI is InChI=1S/C13H16BrNO3/c1-8(9(2)13(17)18)12(16)15-7-10-4-3-5-11(14)6-10/h3-6,8-9H,7H2,1-2H3,(H,15,16)(H,17,18). The molecule has 1 rings (SSSR count). The van der Waals surface area contributed by atoms with E-state index >= 15 is 0 Å². The van der Waals surface area contributed by atoms with Gasteiger partial charge in [-0.25, -0.2) is 0 Å². The molecule has 0 fully saturated rings. The summed E-state index contributed by atoms with van der Waals surface area (Å²) in [5.41, 5.74) is 0.966. The zero-order valence-corrected chi connectivity index (χ0v) is 11.9. The van der Waals surface area contributed by atoms with Gasteiger partial charge in [-0.3, -0.25) is 9.59 Å². The summed E-state index contributed by atoms with van der Waals surface area (Å²) in [6.45, 7) is 3.55. The Morgan fingerprint density at radius 2 is 2.00 bits per heavy atom. The Balaban J connectivity index is 2.53. The highest BCUT2D eigenvalue weighted by atomic mass is 79.9. The summed E-state index contributed by atoms with van der Waals surface area (Å²) in [6.07, 6.45) is 0. The molecule has 0 radical (unpaired) electrons. The number of aliphatic carboxylic acids is 1. The third kappa shape index (κ3) is 4.14. The van der Waals surface area contributed by atoms with Crippen LogP contribution in [-0.4, -0.2) is 17.0 Å². The van der Waals surface area contributed by atoms with Crippen molar-refractivity contribution in [1.82, 2.24) is 5.32 Å². The van der Waals surface area contributed by atoms with E-state index in [0.29, 0.717) is 6.54 Å². The lowest BCUT2D eigenvalue weighted by atomic mass is 9.95. The summed E-state index contributed by atoms with van der Waals surface area (Å²) in [7, 11) is 0. The van der Waals surface area contributed by atoms with Crippen LogP contribution < -0.4 is 5.32 Å². The van der Waals surface area contributed by atoms with Crippen molar-refractivity contribution >= 4 is 27.8 Å². The maximum atomic E-state index is 11.8. The molecule has 0 spiro atoms. The predicted molar refractivity (Wildman–Crippen MR) is 72.0 cm³/mol. The van der Waals surface area contributed by atoms with Gasteiger partial charge in [0.2, 0.25) is 5.91 Å². The van der Waals surface area contributed by atoms with E-state index < -0.39 is 17.8 Å². The smallest absolute Gasteiger partial charge is 0.307 e. The first-order valence-electron chi connectivity index (χ1n) is 5.66. The molecule has 4 nitrogen and oxygen atoms in total. The molecule has 18 heavy (non-hydrogen) atoms. The van der Waals surface area contributed by atoms with Gasteiger partial charge in [0.05, 0.1) is 5.92 Å². The van der Waals surface area contributed by atoms with E-state index in [1.807, 2.05) is 24.3 Å². The Labute approximate surface area is 115 Å². The second-order valence-corrected chi connectivity index (χ2v) is 5.18. The van der Waals surface area contributed by atoms with E-state index in [0.717, 1.165) is 10.0 Å². The van der Waals surface area contributed by atoms with Gasteiger partial charge in [-0.1, -0.05) is 41.9 Å². The summed E-state index contributed by atoms with van der Waals surface area (Å²) in [5, 5.41) is 11.6. The zero-order valence-electron chi connectivity index (χ0n) is 10.3. The van der Waals surface area contributed by atoms with Crippen LogP contribution in [0, 0.1) is 11.8 Å². The van der Waals surface area contributed by atoms with Gasteiger partial charge in [0, 0.05) is 16.9 Å². The normalized spacial score (nSPS) is 13.7. The molecule has 0 aliphatic heterocycles. The first-order chi connectivity index (χ1) is 8.41. The van der Waals surface area contributed by atoms with Crippen LogP contribution in [0.4, 0.5) is 0 Å². The molecule has 0 saturated heterocycles. The van der Waals surface area contributed by atoms with Crippen molar-refractivity contribution in [1.29, 1.82) is 0 Å². The molecule has 98 valence electrons. The fraction of sp³-hybridized carbons (Fsp3) is 0.385. The first-order valence-corrected chi connectivity index (χ1v) is 6.46.